The number of piperidine rings is 1. The summed E-state index contributed by atoms with van der Waals surface area (Å²) in [5.74, 6) is 2.84. The molecule has 1 aliphatic heterocycles. The molecule has 1 amide bonds. The summed E-state index contributed by atoms with van der Waals surface area (Å²) >= 11 is 1.38. The first-order valence-electron chi connectivity index (χ1n) is 11.9. The van der Waals surface area contributed by atoms with Crippen LogP contribution in [0.25, 0.3) is 17.3 Å². The highest BCUT2D eigenvalue weighted by atomic mass is 32.2. The molecule has 1 saturated heterocycles. The van der Waals surface area contributed by atoms with Gasteiger partial charge in [-0.3, -0.25) is 9.36 Å². The summed E-state index contributed by atoms with van der Waals surface area (Å²) in [6.07, 6.45) is 4.90. The molecule has 2 unspecified atom stereocenters. The van der Waals surface area contributed by atoms with Gasteiger partial charge in [0.2, 0.25) is 11.7 Å². The van der Waals surface area contributed by atoms with Crippen LogP contribution >= 0.6 is 11.8 Å². The van der Waals surface area contributed by atoms with Crippen LogP contribution in [-0.4, -0.2) is 58.1 Å². The molecule has 2 fully saturated rings. The van der Waals surface area contributed by atoms with E-state index in [9.17, 15) is 4.79 Å². The molecule has 0 radical (unpaired) electrons. The lowest BCUT2D eigenvalue weighted by atomic mass is 9.81. The Balaban J connectivity index is 1.45. The molecule has 1 aromatic carbocycles. The van der Waals surface area contributed by atoms with Crippen LogP contribution in [0.15, 0.2) is 46.2 Å². The Hall–Kier alpha value is -2.94. The molecule has 0 spiro atoms. The van der Waals surface area contributed by atoms with E-state index in [1.54, 1.807) is 26.5 Å². The molecule has 3 heterocycles. The Bertz CT molecular complexity index is 1220. The highest BCUT2D eigenvalue weighted by Gasteiger charge is 2.53. The Morgan fingerprint density at radius 2 is 2.03 bits per heavy atom. The van der Waals surface area contributed by atoms with Crippen molar-refractivity contribution in [2.45, 2.75) is 51.2 Å². The molecule has 2 aromatic heterocycles. The van der Waals surface area contributed by atoms with Crippen molar-refractivity contribution in [3.05, 3.63) is 36.6 Å². The lowest BCUT2D eigenvalue weighted by molar-refractivity contribution is -0.133. The van der Waals surface area contributed by atoms with E-state index in [2.05, 4.69) is 35.9 Å². The van der Waals surface area contributed by atoms with Crippen LogP contribution in [0, 0.1) is 10.8 Å². The number of aromatic nitrogens is 3. The van der Waals surface area contributed by atoms with Gasteiger partial charge < -0.3 is 18.8 Å². The second kappa shape index (κ2) is 8.93. The molecule has 1 saturated carbocycles. The fourth-order valence-corrected chi connectivity index (χ4v) is 6.76. The molecular formula is C26H32N4O4S. The van der Waals surface area contributed by atoms with Gasteiger partial charge in [0, 0.05) is 18.7 Å². The number of likely N-dealkylation sites (tertiary alicyclic amines) is 1. The van der Waals surface area contributed by atoms with Gasteiger partial charge in [-0.15, -0.1) is 10.2 Å². The van der Waals surface area contributed by atoms with E-state index in [1.807, 2.05) is 28.8 Å². The van der Waals surface area contributed by atoms with E-state index in [0.29, 0.717) is 39.3 Å². The first kappa shape index (κ1) is 23.8. The number of methoxy groups -OCH3 is 2. The zero-order valence-electron chi connectivity index (χ0n) is 20.9. The highest BCUT2D eigenvalue weighted by Crippen LogP contribution is 2.55. The van der Waals surface area contributed by atoms with E-state index in [1.165, 1.54) is 11.8 Å². The predicted octanol–water partition coefficient (Wildman–Crippen LogP) is 5.06. The van der Waals surface area contributed by atoms with E-state index in [4.69, 9.17) is 13.9 Å². The van der Waals surface area contributed by atoms with Crippen molar-refractivity contribution in [2.24, 2.45) is 10.8 Å². The average Bonchev–Trinajstić information content (AvgIpc) is 3.54. The molecule has 1 aliphatic carbocycles. The number of hydrogen-bond donors (Lipinski definition) is 0. The quantitative estimate of drug-likeness (QED) is 0.423. The molecule has 0 N–H and O–H groups in total. The van der Waals surface area contributed by atoms with Crippen LogP contribution in [0.2, 0.25) is 0 Å². The van der Waals surface area contributed by atoms with Crippen LogP contribution in [-0.2, 0) is 4.79 Å². The second-order valence-corrected chi connectivity index (χ2v) is 11.4. The van der Waals surface area contributed by atoms with Crippen LogP contribution < -0.4 is 9.47 Å². The van der Waals surface area contributed by atoms with Crippen molar-refractivity contribution in [1.82, 2.24) is 19.7 Å². The van der Waals surface area contributed by atoms with E-state index >= 15 is 0 Å². The summed E-state index contributed by atoms with van der Waals surface area (Å²) in [5.41, 5.74) is 1.19. The third-order valence-corrected chi connectivity index (χ3v) is 8.36. The third-order valence-electron chi connectivity index (χ3n) is 7.45. The first-order valence-corrected chi connectivity index (χ1v) is 12.9. The molecule has 3 aromatic rings. The molecule has 9 heteroatoms. The lowest BCUT2D eigenvalue weighted by Crippen LogP contribution is -2.49. The molecule has 2 atom stereocenters. The van der Waals surface area contributed by atoms with E-state index in [0.717, 1.165) is 25.8 Å². The average molecular weight is 497 g/mol. The number of carbonyl (C=O) groups excluding carboxylic acids is 1. The molecule has 2 aliphatic rings. The maximum Gasteiger partial charge on any atom is 0.233 e. The molecule has 35 heavy (non-hydrogen) atoms. The zero-order chi connectivity index (χ0) is 24.8. The third kappa shape index (κ3) is 4.30. The van der Waals surface area contributed by atoms with E-state index < -0.39 is 0 Å². The van der Waals surface area contributed by atoms with Crippen molar-refractivity contribution in [1.29, 1.82) is 0 Å². The number of thioether (sulfide) groups is 1. The standard InChI is InChI=1S/C26H32N4O4S/c1-25(2)16-26(3)10-11-29(21(25)14-26)22(31)15-35-24-28-27-23(20-7-6-12-34-20)30(24)18-13-17(32-4)8-9-19(18)33-5/h6-9,12-13,21H,10-11,14-16H2,1-5H3. The van der Waals surface area contributed by atoms with Gasteiger partial charge in [0.1, 0.15) is 11.5 Å². The number of carbonyl (C=O) groups is 1. The predicted molar refractivity (Wildman–Crippen MR) is 134 cm³/mol. The highest BCUT2D eigenvalue weighted by molar-refractivity contribution is 7.99. The Morgan fingerprint density at radius 1 is 1.20 bits per heavy atom. The second-order valence-electron chi connectivity index (χ2n) is 10.5. The molecule has 5 rings (SSSR count). The normalized spacial score (nSPS) is 22.9. The van der Waals surface area contributed by atoms with Gasteiger partial charge in [-0.05, 0) is 54.4 Å². The van der Waals surface area contributed by atoms with Crippen LogP contribution in [0.1, 0.15) is 40.0 Å². The number of amides is 1. The van der Waals surface area contributed by atoms with Crippen LogP contribution in [0.3, 0.4) is 0 Å². The summed E-state index contributed by atoms with van der Waals surface area (Å²) < 4.78 is 18.6. The fourth-order valence-electron chi connectivity index (χ4n) is 5.93. The van der Waals surface area contributed by atoms with Gasteiger partial charge in [0.05, 0.1) is 31.9 Å². The fraction of sp³-hybridized carbons (Fsp3) is 0.500. The van der Waals surface area contributed by atoms with Crippen LogP contribution in [0.5, 0.6) is 11.5 Å². The first-order chi connectivity index (χ1) is 16.7. The molecule has 186 valence electrons. The number of benzene rings is 1. The number of ether oxygens (including phenoxy) is 2. The molecule has 2 bridgehead atoms. The Morgan fingerprint density at radius 3 is 2.74 bits per heavy atom. The van der Waals surface area contributed by atoms with E-state index in [-0.39, 0.29) is 23.1 Å². The Kier molecular flexibility index (Phi) is 6.07. The summed E-state index contributed by atoms with van der Waals surface area (Å²) in [7, 11) is 3.24. The topological polar surface area (TPSA) is 82.6 Å². The largest absolute Gasteiger partial charge is 0.497 e. The van der Waals surface area contributed by atoms with Crippen molar-refractivity contribution in [3.8, 4) is 28.8 Å². The van der Waals surface area contributed by atoms with Gasteiger partial charge in [0.25, 0.3) is 0 Å². The SMILES string of the molecule is COc1ccc(OC)c(-n2c(SCC(=O)N3CCC4(C)CC3C(C)(C)C4)nnc2-c2ccco2)c1. The molecule has 8 nitrogen and oxygen atoms in total. The monoisotopic (exact) mass is 496 g/mol. The minimum Gasteiger partial charge on any atom is -0.497 e. The van der Waals surface area contributed by atoms with Gasteiger partial charge in [-0.2, -0.15) is 0 Å². The minimum absolute atomic E-state index is 0.131. The van der Waals surface area contributed by atoms with Gasteiger partial charge >= 0.3 is 0 Å². The van der Waals surface area contributed by atoms with Crippen molar-refractivity contribution in [2.75, 3.05) is 26.5 Å². The number of hydrogen-bond acceptors (Lipinski definition) is 7. The summed E-state index contributed by atoms with van der Waals surface area (Å²) in [6.45, 7) is 7.77. The summed E-state index contributed by atoms with van der Waals surface area (Å²) in [6, 6.07) is 9.47. The number of furan rings is 1. The zero-order valence-corrected chi connectivity index (χ0v) is 21.7. The summed E-state index contributed by atoms with van der Waals surface area (Å²) in [5, 5.41) is 9.42. The number of fused-ring (bicyclic) bond motifs is 2. The smallest absolute Gasteiger partial charge is 0.233 e. The van der Waals surface area contributed by atoms with Crippen molar-refractivity contribution < 1.29 is 18.7 Å². The number of rotatable bonds is 7. The summed E-state index contributed by atoms with van der Waals surface area (Å²) in [4.78, 5) is 15.5. The number of nitrogens with zero attached hydrogens (tertiary/aromatic N) is 4. The van der Waals surface area contributed by atoms with Gasteiger partial charge in [-0.25, -0.2) is 0 Å². The Labute approximate surface area is 210 Å². The lowest BCUT2D eigenvalue weighted by Gasteiger charge is -2.40. The molecular weight excluding hydrogens is 464 g/mol. The van der Waals surface area contributed by atoms with Gasteiger partial charge in [0.15, 0.2) is 10.9 Å². The van der Waals surface area contributed by atoms with Crippen molar-refractivity contribution >= 4 is 17.7 Å². The maximum atomic E-state index is 13.4. The van der Waals surface area contributed by atoms with Gasteiger partial charge in [-0.1, -0.05) is 32.5 Å². The maximum absolute atomic E-state index is 13.4. The van der Waals surface area contributed by atoms with Crippen molar-refractivity contribution in [3.63, 3.8) is 0 Å². The van der Waals surface area contributed by atoms with Crippen LogP contribution in [0.4, 0.5) is 0 Å². The minimum atomic E-state index is 0.131.